The van der Waals surface area contributed by atoms with Gasteiger partial charge in [0.25, 0.3) is 5.69 Å². The molecular weight excluding hydrogens is 298 g/mol. The third-order valence-electron chi connectivity index (χ3n) is 3.36. The molecule has 0 unspecified atom stereocenters. The highest BCUT2D eigenvalue weighted by atomic mass is 16.6. The summed E-state index contributed by atoms with van der Waals surface area (Å²) in [6.45, 7) is 1.59. The minimum atomic E-state index is -0.595. The largest absolute Gasteiger partial charge is 0.402 e. The molecule has 2 heterocycles. The van der Waals surface area contributed by atoms with Crippen LogP contribution in [0.25, 0.3) is 6.08 Å². The molecule has 0 aliphatic carbocycles. The molecule has 1 aromatic carbocycles. The highest BCUT2D eigenvalue weighted by Crippen LogP contribution is 2.25. The molecule has 0 amide bonds. The van der Waals surface area contributed by atoms with Crippen molar-refractivity contribution >= 4 is 23.6 Å². The Balaban J connectivity index is 2.01. The number of esters is 1. The summed E-state index contributed by atoms with van der Waals surface area (Å²) in [5, 5.41) is 11.0. The molecule has 23 heavy (non-hydrogen) atoms. The van der Waals surface area contributed by atoms with Crippen LogP contribution >= 0.6 is 0 Å². The van der Waals surface area contributed by atoms with Crippen LogP contribution in [0.4, 0.5) is 5.69 Å². The van der Waals surface area contributed by atoms with Gasteiger partial charge in [0.15, 0.2) is 5.70 Å². The standard InChI is InChI=1S/C16H11N3O4/c1-10-12(3-2-4-14(10)19(21)22)15-18-13(16(20)23-15)9-11-5-7-17-8-6-11/h2-9H,1H3/b13-9-. The first kappa shape index (κ1) is 14.6. The zero-order valence-corrected chi connectivity index (χ0v) is 12.1. The molecule has 1 aliphatic heterocycles. The lowest BCUT2D eigenvalue weighted by Gasteiger charge is -2.04. The Morgan fingerprint density at radius 1 is 1.22 bits per heavy atom. The van der Waals surface area contributed by atoms with Gasteiger partial charge in [0.1, 0.15) is 0 Å². The summed E-state index contributed by atoms with van der Waals surface area (Å²) in [5.41, 5.74) is 1.66. The van der Waals surface area contributed by atoms with Crippen LogP contribution in [0.3, 0.4) is 0 Å². The highest BCUT2D eigenvalue weighted by Gasteiger charge is 2.27. The topological polar surface area (TPSA) is 94.7 Å². The minimum Gasteiger partial charge on any atom is -0.402 e. The maximum absolute atomic E-state index is 11.9. The third kappa shape index (κ3) is 2.84. The van der Waals surface area contributed by atoms with Crippen LogP contribution in [0.5, 0.6) is 0 Å². The molecule has 0 radical (unpaired) electrons. The second-order valence-electron chi connectivity index (χ2n) is 4.82. The van der Waals surface area contributed by atoms with Crippen molar-refractivity contribution in [3.05, 3.63) is 75.2 Å². The van der Waals surface area contributed by atoms with Crippen molar-refractivity contribution in [2.45, 2.75) is 6.92 Å². The van der Waals surface area contributed by atoms with Crippen molar-refractivity contribution in [3.8, 4) is 0 Å². The molecule has 7 nitrogen and oxygen atoms in total. The summed E-state index contributed by atoms with van der Waals surface area (Å²) in [5.74, 6) is -0.528. The predicted molar refractivity (Wildman–Crippen MR) is 82.7 cm³/mol. The van der Waals surface area contributed by atoms with E-state index in [1.54, 1.807) is 43.6 Å². The molecule has 0 spiro atoms. The van der Waals surface area contributed by atoms with Crippen molar-refractivity contribution in [1.29, 1.82) is 0 Å². The molecule has 114 valence electrons. The number of benzene rings is 1. The second-order valence-corrected chi connectivity index (χ2v) is 4.82. The average Bonchev–Trinajstić information content (AvgIpc) is 2.89. The molecule has 3 rings (SSSR count). The number of hydrogen-bond acceptors (Lipinski definition) is 6. The van der Waals surface area contributed by atoms with E-state index < -0.39 is 10.9 Å². The van der Waals surface area contributed by atoms with Crippen molar-refractivity contribution in [2.24, 2.45) is 4.99 Å². The number of carbonyl (C=O) groups excluding carboxylic acids is 1. The van der Waals surface area contributed by atoms with Gasteiger partial charge < -0.3 is 4.74 Å². The number of pyridine rings is 1. The molecule has 1 aliphatic rings. The van der Waals surface area contributed by atoms with Gasteiger partial charge in [-0.05, 0) is 36.8 Å². The number of carbonyl (C=O) groups is 1. The number of cyclic esters (lactones) is 1. The number of aromatic nitrogens is 1. The number of aliphatic imine (C=N–C) groups is 1. The number of rotatable bonds is 3. The summed E-state index contributed by atoms with van der Waals surface area (Å²) in [7, 11) is 0. The van der Waals surface area contributed by atoms with Crippen molar-refractivity contribution in [2.75, 3.05) is 0 Å². The van der Waals surface area contributed by atoms with E-state index in [0.717, 1.165) is 5.56 Å². The first-order valence-corrected chi connectivity index (χ1v) is 6.73. The Morgan fingerprint density at radius 3 is 2.65 bits per heavy atom. The van der Waals surface area contributed by atoms with E-state index in [-0.39, 0.29) is 17.3 Å². The van der Waals surface area contributed by atoms with Gasteiger partial charge in [-0.2, -0.15) is 0 Å². The van der Waals surface area contributed by atoms with E-state index in [2.05, 4.69) is 9.98 Å². The first-order chi connectivity index (χ1) is 11.1. The fourth-order valence-electron chi connectivity index (χ4n) is 2.19. The van der Waals surface area contributed by atoms with E-state index in [0.29, 0.717) is 11.1 Å². The van der Waals surface area contributed by atoms with Crippen LogP contribution in [0.1, 0.15) is 16.7 Å². The summed E-state index contributed by atoms with van der Waals surface area (Å²) < 4.78 is 5.15. The van der Waals surface area contributed by atoms with Crippen LogP contribution in [0.2, 0.25) is 0 Å². The van der Waals surface area contributed by atoms with Gasteiger partial charge in [0.2, 0.25) is 5.90 Å². The SMILES string of the molecule is Cc1c(C2=N/C(=C\c3ccncc3)C(=O)O2)cccc1[N+](=O)[O-]. The van der Waals surface area contributed by atoms with Crippen LogP contribution in [0, 0.1) is 17.0 Å². The van der Waals surface area contributed by atoms with Gasteiger partial charge >= 0.3 is 5.97 Å². The zero-order valence-electron chi connectivity index (χ0n) is 12.1. The fraction of sp³-hybridized carbons (Fsp3) is 0.0625. The number of nitrogens with zero attached hydrogens (tertiary/aromatic N) is 3. The molecule has 0 fully saturated rings. The van der Waals surface area contributed by atoms with Crippen molar-refractivity contribution in [3.63, 3.8) is 0 Å². The van der Waals surface area contributed by atoms with Crippen LogP contribution < -0.4 is 0 Å². The molecule has 0 atom stereocenters. The lowest BCUT2D eigenvalue weighted by atomic mass is 10.1. The smallest absolute Gasteiger partial charge is 0.363 e. The number of hydrogen-bond donors (Lipinski definition) is 0. The maximum atomic E-state index is 11.9. The van der Waals surface area contributed by atoms with Gasteiger partial charge in [-0.1, -0.05) is 6.07 Å². The van der Waals surface area contributed by atoms with Gasteiger partial charge in [-0.3, -0.25) is 15.1 Å². The number of nitro benzene ring substituents is 1. The predicted octanol–water partition coefficient (Wildman–Crippen LogP) is 2.64. The summed E-state index contributed by atoms with van der Waals surface area (Å²) >= 11 is 0. The van der Waals surface area contributed by atoms with Gasteiger partial charge in [0.05, 0.1) is 4.92 Å². The normalized spacial score (nSPS) is 15.4. The Labute approximate surface area is 131 Å². The lowest BCUT2D eigenvalue weighted by Crippen LogP contribution is -2.08. The minimum absolute atomic E-state index is 0.0483. The first-order valence-electron chi connectivity index (χ1n) is 6.73. The van der Waals surface area contributed by atoms with Crippen LogP contribution in [-0.4, -0.2) is 21.8 Å². The molecular formula is C16H11N3O4. The van der Waals surface area contributed by atoms with Crippen molar-refractivity contribution in [1.82, 2.24) is 4.98 Å². The molecule has 2 aromatic rings. The van der Waals surface area contributed by atoms with Crippen LogP contribution in [-0.2, 0) is 9.53 Å². The average molecular weight is 309 g/mol. The Bertz CT molecular complexity index is 857. The van der Waals surface area contributed by atoms with E-state index in [4.69, 9.17) is 4.74 Å². The Kier molecular flexibility index (Phi) is 3.68. The van der Waals surface area contributed by atoms with E-state index in [9.17, 15) is 14.9 Å². The van der Waals surface area contributed by atoms with E-state index >= 15 is 0 Å². The summed E-state index contributed by atoms with van der Waals surface area (Å²) in [4.78, 5) is 30.5. The number of ether oxygens (including phenoxy) is 1. The van der Waals surface area contributed by atoms with Crippen molar-refractivity contribution < 1.29 is 14.5 Å². The molecule has 7 heteroatoms. The fourth-order valence-corrected chi connectivity index (χ4v) is 2.19. The summed E-state index contributed by atoms with van der Waals surface area (Å²) in [6, 6.07) is 8.01. The lowest BCUT2D eigenvalue weighted by molar-refractivity contribution is -0.385. The van der Waals surface area contributed by atoms with E-state index in [1.165, 1.54) is 12.1 Å². The number of nitro groups is 1. The molecule has 0 N–H and O–H groups in total. The Morgan fingerprint density at radius 2 is 1.96 bits per heavy atom. The third-order valence-corrected chi connectivity index (χ3v) is 3.36. The Hall–Kier alpha value is -3.35. The van der Waals surface area contributed by atoms with Gasteiger partial charge in [-0.15, -0.1) is 0 Å². The van der Waals surface area contributed by atoms with Gasteiger partial charge in [0, 0.05) is 29.6 Å². The van der Waals surface area contributed by atoms with Gasteiger partial charge in [-0.25, -0.2) is 9.79 Å². The summed E-state index contributed by atoms with van der Waals surface area (Å²) in [6.07, 6.45) is 4.77. The second kappa shape index (κ2) is 5.80. The molecule has 0 saturated carbocycles. The van der Waals surface area contributed by atoms with Crippen LogP contribution in [0.15, 0.2) is 53.4 Å². The molecule has 0 bridgehead atoms. The molecule has 0 saturated heterocycles. The van der Waals surface area contributed by atoms with E-state index in [1.807, 2.05) is 0 Å². The monoisotopic (exact) mass is 309 g/mol. The highest BCUT2D eigenvalue weighted by molar-refractivity contribution is 6.13. The quantitative estimate of drug-likeness (QED) is 0.376. The molecule has 1 aromatic heterocycles. The zero-order chi connectivity index (χ0) is 16.4. The maximum Gasteiger partial charge on any atom is 0.363 e.